The fraction of sp³-hybridized carbons (Fsp3) is 0.0625. The summed E-state index contributed by atoms with van der Waals surface area (Å²) in [4.78, 5) is 14.6. The Kier molecular flexibility index (Phi) is 3.89. The Morgan fingerprint density at radius 1 is 1.18 bits per heavy atom. The van der Waals surface area contributed by atoms with Crippen LogP contribution in [0.25, 0.3) is 10.9 Å². The molecular weight excluding hydrogens is 302 g/mol. The lowest BCUT2D eigenvalue weighted by molar-refractivity contribution is -0.117. The third kappa shape index (κ3) is 2.99. The number of hydrogen-bond donors (Lipinski definition) is 2. The van der Waals surface area contributed by atoms with Crippen molar-refractivity contribution in [2.75, 3.05) is 0 Å². The third-order valence-corrected chi connectivity index (χ3v) is 3.41. The van der Waals surface area contributed by atoms with Gasteiger partial charge >= 0.3 is 0 Å². The van der Waals surface area contributed by atoms with Crippen molar-refractivity contribution >= 4 is 34.1 Å². The largest absolute Gasteiger partial charge is 0.493 e. The maximum Gasteiger partial charge on any atom is 0.269 e. The Bertz CT molecular complexity index is 856. The summed E-state index contributed by atoms with van der Waals surface area (Å²) in [5, 5.41) is 18.5. The Hall–Kier alpha value is -2.66. The molecule has 0 saturated heterocycles. The number of aromatic amines is 1. The van der Waals surface area contributed by atoms with Crippen LogP contribution in [0, 0.1) is 0 Å². The molecule has 5 nitrogen and oxygen atoms in total. The van der Waals surface area contributed by atoms with Gasteiger partial charge in [0.1, 0.15) is 0 Å². The van der Waals surface area contributed by atoms with Crippen molar-refractivity contribution in [3.05, 3.63) is 59.1 Å². The first-order valence-electron chi connectivity index (χ1n) is 6.62. The second kappa shape index (κ2) is 5.99. The van der Waals surface area contributed by atoms with Crippen LogP contribution in [0.2, 0.25) is 5.02 Å². The normalized spacial score (nSPS) is 11.3. The molecule has 3 rings (SSSR count). The van der Waals surface area contributed by atoms with Gasteiger partial charge in [0.2, 0.25) is 5.88 Å². The molecule has 0 atom stereocenters. The number of halogens is 1. The summed E-state index contributed by atoms with van der Waals surface area (Å²) < 4.78 is 0. The average Bonchev–Trinajstić information content (AvgIpc) is 2.81. The Balaban J connectivity index is 1.85. The first kappa shape index (κ1) is 14.3. The third-order valence-electron chi connectivity index (χ3n) is 3.17. The van der Waals surface area contributed by atoms with Gasteiger partial charge in [0.15, 0.2) is 5.69 Å². The maximum atomic E-state index is 11.8. The van der Waals surface area contributed by atoms with Crippen LogP contribution in [-0.2, 0) is 11.2 Å². The van der Waals surface area contributed by atoms with E-state index < -0.39 is 0 Å². The number of fused-ring (bicyclic) bond motifs is 1. The van der Waals surface area contributed by atoms with Crippen LogP contribution in [0.3, 0.4) is 0 Å². The van der Waals surface area contributed by atoms with Crippen LogP contribution in [0.5, 0.6) is 5.88 Å². The van der Waals surface area contributed by atoms with Gasteiger partial charge in [0.25, 0.3) is 5.91 Å². The van der Waals surface area contributed by atoms with Crippen molar-refractivity contribution in [1.29, 1.82) is 0 Å². The van der Waals surface area contributed by atoms with E-state index in [4.69, 9.17) is 11.6 Å². The molecule has 1 amide bonds. The quantitative estimate of drug-likeness (QED) is 0.704. The number of aromatic nitrogens is 1. The molecule has 2 N–H and O–H groups in total. The van der Waals surface area contributed by atoms with Gasteiger partial charge in [-0.05, 0) is 23.8 Å². The van der Waals surface area contributed by atoms with Crippen LogP contribution < -0.4 is 0 Å². The molecule has 6 heteroatoms. The van der Waals surface area contributed by atoms with Crippen molar-refractivity contribution in [3.63, 3.8) is 0 Å². The average molecular weight is 314 g/mol. The molecule has 0 aliphatic rings. The van der Waals surface area contributed by atoms with Gasteiger partial charge < -0.3 is 10.1 Å². The number of amides is 1. The Morgan fingerprint density at radius 3 is 2.73 bits per heavy atom. The lowest BCUT2D eigenvalue weighted by atomic mass is 10.1. The molecule has 0 unspecified atom stereocenters. The molecule has 0 spiro atoms. The van der Waals surface area contributed by atoms with Gasteiger partial charge in [-0.3, -0.25) is 4.79 Å². The first-order valence-corrected chi connectivity index (χ1v) is 7.00. The van der Waals surface area contributed by atoms with Crippen molar-refractivity contribution in [1.82, 2.24) is 4.98 Å². The van der Waals surface area contributed by atoms with Crippen molar-refractivity contribution in [2.45, 2.75) is 6.42 Å². The molecule has 2 aromatic carbocycles. The molecule has 22 heavy (non-hydrogen) atoms. The summed E-state index contributed by atoms with van der Waals surface area (Å²) in [5.74, 6) is -0.532. The number of carbonyl (C=O) groups excluding carboxylic acids is 1. The number of azo groups is 1. The highest BCUT2D eigenvalue weighted by Gasteiger charge is 2.11. The van der Waals surface area contributed by atoms with Crippen molar-refractivity contribution < 1.29 is 9.90 Å². The molecule has 110 valence electrons. The van der Waals surface area contributed by atoms with Gasteiger partial charge in [0.05, 0.1) is 11.9 Å². The molecule has 3 aromatic rings. The van der Waals surface area contributed by atoms with Crippen molar-refractivity contribution in [3.8, 4) is 5.88 Å². The minimum absolute atomic E-state index is 0.145. The molecule has 0 aliphatic heterocycles. The molecular formula is C16H12ClN3O2. The molecule has 1 aromatic heterocycles. The van der Waals surface area contributed by atoms with Gasteiger partial charge in [-0.2, -0.15) is 0 Å². The lowest BCUT2D eigenvalue weighted by Crippen LogP contribution is -1.97. The summed E-state index contributed by atoms with van der Waals surface area (Å²) >= 11 is 5.94. The minimum atomic E-state index is -0.387. The van der Waals surface area contributed by atoms with E-state index in [-0.39, 0.29) is 23.9 Å². The van der Waals surface area contributed by atoms with E-state index in [1.807, 2.05) is 30.3 Å². The second-order valence-electron chi connectivity index (χ2n) is 4.77. The number of nitrogens with one attached hydrogen (secondary N) is 1. The first-order chi connectivity index (χ1) is 10.6. The molecule has 1 heterocycles. The Labute approximate surface area is 131 Å². The van der Waals surface area contributed by atoms with E-state index in [9.17, 15) is 9.90 Å². The van der Waals surface area contributed by atoms with Gasteiger partial charge in [0, 0.05) is 10.4 Å². The molecule has 0 bridgehead atoms. The second-order valence-corrected chi connectivity index (χ2v) is 5.20. The summed E-state index contributed by atoms with van der Waals surface area (Å²) in [6.07, 6.45) is 0.161. The lowest BCUT2D eigenvalue weighted by Gasteiger charge is -1.95. The fourth-order valence-electron chi connectivity index (χ4n) is 2.15. The molecule has 0 fully saturated rings. The predicted octanol–water partition coefficient (Wildman–Crippen LogP) is 4.38. The summed E-state index contributed by atoms with van der Waals surface area (Å²) in [6.45, 7) is 0. The highest BCUT2D eigenvalue weighted by molar-refractivity contribution is 6.31. The number of nitrogens with zero attached hydrogens (tertiary/aromatic N) is 2. The summed E-state index contributed by atoms with van der Waals surface area (Å²) in [5.41, 5.74) is 1.74. The van der Waals surface area contributed by atoms with Crippen molar-refractivity contribution in [2.24, 2.45) is 10.2 Å². The standard InChI is InChI=1S/C16H12ClN3O2/c17-11-6-7-13-12(9-11)15(16(22)18-13)20-19-14(21)8-10-4-2-1-3-5-10/h1-7,9,18,22H,8H2. The molecule has 0 aliphatic carbocycles. The summed E-state index contributed by atoms with van der Waals surface area (Å²) in [7, 11) is 0. The minimum Gasteiger partial charge on any atom is -0.493 e. The van der Waals surface area contributed by atoms with Crippen LogP contribution >= 0.6 is 11.6 Å². The maximum absolute atomic E-state index is 11.8. The monoisotopic (exact) mass is 313 g/mol. The van der Waals surface area contributed by atoms with Gasteiger partial charge in [-0.15, -0.1) is 10.2 Å². The number of benzene rings is 2. The number of H-pyrrole nitrogens is 1. The molecule has 0 saturated carbocycles. The number of carbonyl (C=O) groups is 1. The topological polar surface area (TPSA) is 77.8 Å². The number of aromatic hydroxyl groups is 1. The van der Waals surface area contributed by atoms with E-state index in [1.165, 1.54) is 0 Å². The van der Waals surface area contributed by atoms with Crippen LogP contribution in [0.4, 0.5) is 5.69 Å². The zero-order valence-corrected chi connectivity index (χ0v) is 12.2. The number of hydrogen-bond acceptors (Lipinski definition) is 3. The predicted molar refractivity (Wildman–Crippen MR) is 84.6 cm³/mol. The van der Waals surface area contributed by atoms with Crippen LogP contribution in [0.15, 0.2) is 58.8 Å². The number of rotatable bonds is 3. The fourth-order valence-corrected chi connectivity index (χ4v) is 2.32. The van der Waals surface area contributed by atoms with E-state index in [0.29, 0.717) is 15.9 Å². The van der Waals surface area contributed by atoms with E-state index in [1.54, 1.807) is 18.2 Å². The zero-order valence-electron chi connectivity index (χ0n) is 11.5. The van der Waals surface area contributed by atoms with E-state index >= 15 is 0 Å². The zero-order chi connectivity index (χ0) is 15.5. The smallest absolute Gasteiger partial charge is 0.269 e. The van der Waals surface area contributed by atoms with Gasteiger partial charge in [-0.1, -0.05) is 41.9 Å². The van der Waals surface area contributed by atoms with Crippen LogP contribution in [-0.4, -0.2) is 16.0 Å². The van der Waals surface area contributed by atoms with E-state index in [0.717, 1.165) is 5.56 Å². The van der Waals surface area contributed by atoms with E-state index in [2.05, 4.69) is 15.2 Å². The van der Waals surface area contributed by atoms with Gasteiger partial charge in [-0.25, -0.2) is 0 Å². The van der Waals surface area contributed by atoms with Crippen LogP contribution in [0.1, 0.15) is 5.56 Å². The SMILES string of the molecule is O=C(Cc1ccccc1)N=Nc1c(O)[nH]c2ccc(Cl)cc12. The highest BCUT2D eigenvalue weighted by atomic mass is 35.5. The molecule has 0 radical (unpaired) electrons. The Morgan fingerprint density at radius 2 is 1.95 bits per heavy atom. The summed E-state index contributed by atoms with van der Waals surface area (Å²) in [6, 6.07) is 14.4. The highest BCUT2D eigenvalue weighted by Crippen LogP contribution is 2.36.